The zero-order chi connectivity index (χ0) is 14.7. The second-order valence-electron chi connectivity index (χ2n) is 5.32. The maximum absolute atomic E-state index is 12.9. The second kappa shape index (κ2) is 6.48. The van der Waals surface area contributed by atoms with Gasteiger partial charge in [0.2, 0.25) is 0 Å². The number of hydrogen-bond donors (Lipinski definition) is 1. The van der Waals surface area contributed by atoms with Crippen molar-refractivity contribution in [2.75, 3.05) is 0 Å². The van der Waals surface area contributed by atoms with Gasteiger partial charge < -0.3 is 5.32 Å². The van der Waals surface area contributed by atoms with Crippen LogP contribution in [0.5, 0.6) is 0 Å². The lowest BCUT2D eigenvalue weighted by Crippen LogP contribution is -2.37. The molecule has 0 radical (unpaired) electrons. The fourth-order valence-corrected chi connectivity index (χ4v) is 2.63. The molecule has 0 atom stereocenters. The third-order valence-corrected chi connectivity index (χ3v) is 3.89. The molecule has 0 aromatic carbocycles. The fraction of sp³-hybridized carbons (Fsp3) is 0.571. The molecule has 0 bridgehead atoms. The summed E-state index contributed by atoms with van der Waals surface area (Å²) in [5, 5.41) is 2.98. The van der Waals surface area contributed by atoms with Gasteiger partial charge in [-0.3, -0.25) is 9.78 Å². The highest BCUT2D eigenvalue weighted by molar-refractivity contribution is 6.30. The minimum atomic E-state index is -2.79. The Morgan fingerprint density at radius 2 is 2.05 bits per heavy atom. The van der Waals surface area contributed by atoms with Crippen molar-refractivity contribution in [1.29, 1.82) is 0 Å². The molecule has 1 aliphatic carbocycles. The minimum Gasteiger partial charge on any atom is -0.349 e. The van der Waals surface area contributed by atoms with Crippen LogP contribution in [-0.4, -0.2) is 16.9 Å². The number of alkyl halides is 2. The summed E-state index contributed by atoms with van der Waals surface area (Å²) in [5.74, 6) is 0.141. The standard InChI is InChI=1S/C14H17ClF2N2O/c1-8-2-4-10(5-3-8)19-14(20)11-6-9(15)7-18-12(11)13(16)17/h6-8,10,13H,2-5H2,1H3,(H,19,20)/t8-,10-. The summed E-state index contributed by atoms with van der Waals surface area (Å²) in [6.45, 7) is 2.17. The van der Waals surface area contributed by atoms with E-state index in [0.29, 0.717) is 5.92 Å². The molecular weight excluding hydrogens is 286 g/mol. The van der Waals surface area contributed by atoms with E-state index in [4.69, 9.17) is 11.6 Å². The number of hydrogen-bond acceptors (Lipinski definition) is 2. The first-order chi connectivity index (χ1) is 9.47. The van der Waals surface area contributed by atoms with Crippen LogP contribution in [0.25, 0.3) is 0 Å². The van der Waals surface area contributed by atoms with Crippen molar-refractivity contribution in [2.24, 2.45) is 5.92 Å². The smallest absolute Gasteiger partial charge is 0.281 e. The van der Waals surface area contributed by atoms with Gasteiger partial charge in [0.25, 0.3) is 12.3 Å². The van der Waals surface area contributed by atoms with Gasteiger partial charge in [0.1, 0.15) is 5.69 Å². The van der Waals surface area contributed by atoms with Crippen molar-refractivity contribution >= 4 is 17.5 Å². The van der Waals surface area contributed by atoms with Gasteiger partial charge in [0.05, 0.1) is 10.6 Å². The molecule has 1 fully saturated rings. The predicted octanol–water partition coefficient (Wildman–Crippen LogP) is 3.98. The van der Waals surface area contributed by atoms with E-state index in [2.05, 4.69) is 17.2 Å². The summed E-state index contributed by atoms with van der Waals surface area (Å²) in [6.07, 6.45) is 2.18. The van der Waals surface area contributed by atoms with Crippen molar-refractivity contribution in [2.45, 2.75) is 45.1 Å². The van der Waals surface area contributed by atoms with E-state index in [-0.39, 0.29) is 16.6 Å². The van der Waals surface area contributed by atoms with Crippen LogP contribution < -0.4 is 5.32 Å². The van der Waals surface area contributed by atoms with Gasteiger partial charge in [-0.1, -0.05) is 18.5 Å². The first-order valence-electron chi connectivity index (χ1n) is 6.72. The average molecular weight is 303 g/mol. The van der Waals surface area contributed by atoms with Crippen LogP contribution in [-0.2, 0) is 0 Å². The van der Waals surface area contributed by atoms with E-state index in [9.17, 15) is 13.6 Å². The van der Waals surface area contributed by atoms with Crippen molar-refractivity contribution in [3.05, 3.63) is 28.5 Å². The zero-order valence-electron chi connectivity index (χ0n) is 11.2. The molecule has 0 spiro atoms. The molecule has 3 nitrogen and oxygen atoms in total. The summed E-state index contributed by atoms with van der Waals surface area (Å²) in [4.78, 5) is 15.7. The maximum Gasteiger partial charge on any atom is 0.281 e. The lowest BCUT2D eigenvalue weighted by atomic mass is 9.87. The minimum absolute atomic E-state index is 0.0446. The molecule has 1 aromatic heterocycles. The fourth-order valence-electron chi connectivity index (χ4n) is 2.47. The van der Waals surface area contributed by atoms with E-state index in [0.717, 1.165) is 31.9 Å². The Hall–Kier alpha value is -1.23. The number of rotatable bonds is 3. The van der Waals surface area contributed by atoms with E-state index in [1.807, 2.05) is 0 Å². The van der Waals surface area contributed by atoms with E-state index >= 15 is 0 Å². The van der Waals surface area contributed by atoms with Crippen LogP contribution >= 0.6 is 11.6 Å². The third-order valence-electron chi connectivity index (χ3n) is 3.69. The Morgan fingerprint density at radius 3 is 2.65 bits per heavy atom. The molecule has 6 heteroatoms. The highest BCUT2D eigenvalue weighted by Gasteiger charge is 2.24. The van der Waals surface area contributed by atoms with Crippen molar-refractivity contribution < 1.29 is 13.6 Å². The lowest BCUT2D eigenvalue weighted by molar-refractivity contribution is 0.0907. The van der Waals surface area contributed by atoms with Gasteiger partial charge in [-0.25, -0.2) is 8.78 Å². The SMILES string of the molecule is C[C@H]1CC[C@H](NC(=O)c2cc(Cl)cnc2C(F)F)CC1. The number of carbonyl (C=O) groups is 1. The molecular formula is C14H17ClF2N2O. The molecule has 1 aromatic rings. The Bertz CT molecular complexity index is 488. The van der Waals surface area contributed by atoms with E-state index in [1.165, 1.54) is 6.07 Å². The molecule has 1 saturated carbocycles. The summed E-state index contributed by atoms with van der Waals surface area (Å²) < 4.78 is 25.7. The monoisotopic (exact) mass is 302 g/mol. The molecule has 2 rings (SSSR count). The zero-order valence-corrected chi connectivity index (χ0v) is 12.0. The third kappa shape index (κ3) is 3.66. The second-order valence-corrected chi connectivity index (χ2v) is 5.75. The van der Waals surface area contributed by atoms with Gasteiger partial charge >= 0.3 is 0 Å². The quantitative estimate of drug-likeness (QED) is 0.917. The van der Waals surface area contributed by atoms with Crippen LogP contribution in [0.15, 0.2) is 12.3 Å². The first kappa shape index (κ1) is 15.2. The Labute approximate surface area is 121 Å². The average Bonchev–Trinajstić information content (AvgIpc) is 2.41. The highest BCUT2D eigenvalue weighted by atomic mass is 35.5. The van der Waals surface area contributed by atoms with Crippen molar-refractivity contribution in [3.63, 3.8) is 0 Å². The number of aromatic nitrogens is 1. The normalized spacial score (nSPS) is 22.9. The summed E-state index contributed by atoms with van der Waals surface area (Å²) in [6, 6.07) is 1.29. The summed E-state index contributed by atoms with van der Waals surface area (Å²) >= 11 is 5.74. The number of pyridine rings is 1. The maximum atomic E-state index is 12.9. The van der Waals surface area contributed by atoms with Crippen LogP contribution in [0.4, 0.5) is 8.78 Å². The van der Waals surface area contributed by atoms with Gasteiger partial charge in [-0.05, 0) is 37.7 Å². The van der Waals surface area contributed by atoms with Crippen LogP contribution in [0, 0.1) is 5.92 Å². The van der Waals surface area contributed by atoms with Gasteiger partial charge in [-0.2, -0.15) is 0 Å². The number of amides is 1. The molecule has 0 unspecified atom stereocenters. The number of halogens is 3. The summed E-state index contributed by atoms with van der Waals surface area (Å²) in [5.41, 5.74) is -0.651. The largest absolute Gasteiger partial charge is 0.349 e. The first-order valence-corrected chi connectivity index (χ1v) is 7.09. The predicted molar refractivity (Wildman–Crippen MR) is 73.1 cm³/mol. The van der Waals surface area contributed by atoms with Crippen LogP contribution in [0.1, 0.15) is 55.1 Å². The van der Waals surface area contributed by atoms with Crippen molar-refractivity contribution in [3.8, 4) is 0 Å². The van der Waals surface area contributed by atoms with E-state index < -0.39 is 18.0 Å². The van der Waals surface area contributed by atoms with Gasteiger partial charge in [-0.15, -0.1) is 0 Å². The molecule has 110 valence electrons. The lowest BCUT2D eigenvalue weighted by Gasteiger charge is -2.27. The molecule has 1 N–H and O–H groups in total. The molecule has 0 saturated heterocycles. The van der Waals surface area contributed by atoms with Crippen LogP contribution in [0.3, 0.4) is 0 Å². The van der Waals surface area contributed by atoms with Gasteiger partial charge in [0, 0.05) is 12.2 Å². The summed E-state index contributed by atoms with van der Waals surface area (Å²) in [7, 11) is 0. The van der Waals surface area contributed by atoms with Crippen molar-refractivity contribution in [1.82, 2.24) is 10.3 Å². The molecule has 1 heterocycles. The number of nitrogens with one attached hydrogen (secondary N) is 1. The molecule has 20 heavy (non-hydrogen) atoms. The molecule has 0 aliphatic heterocycles. The Morgan fingerprint density at radius 1 is 1.40 bits per heavy atom. The Kier molecular flexibility index (Phi) is 4.91. The molecule has 1 amide bonds. The number of carbonyl (C=O) groups excluding carboxylic acids is 1. The van der Waals surface area contributed by atoms with Gasteiger partial charge in [0.15, 0.2) is 0 Å². The van der Waals surface area contributed by atoms with E-state index in [1.54, 1.807) is 0 Å². The van der Waals surface area contributed by atoms with Crippen LogP contribution in [0.2, 0.25) is 5.02 Å². The highest BCUT2D eigenvalue weighted by Crippen LogP contribution is 2.26. The topological polar surface area (TPSA) is 42.0 Å². The Balaban J connectivity index is 2.10. The molecule has 1 aliphatic rings. The number of nitrogens with zero attached hydrogens (tertiary/aromatic N) is 1.